The van der Waals surface area contributed by atoms with Crippen molar-refractivity contribution in [3.8, 4) is 0 Å². The van der Waals surface area contributed by atoms with Gasteiger partial charge in [-0.05, 0) is 38.3 Å². The number of carboxylic acid groups (broad SMARTS) is 1. The molecule has 1 amide bonds. The summed E-state index contributed by atoms with van der Waals surface area (Å²) in [7, 11) is 0. The number of carbonyl (C=O) groups excluding carboxylic acids is 1. The van der Waals surface area contributed by atoms with E-state index in [1.165, 1.54) is 5.56 Å². The van der Waals surface area contributed by atoms with Crippen molar-refractivity contribution in [3.63, 3.8) is 0 Å². The zero-order valence-electron chi connectivity index (χ0n) is 13.6. The smallest absolute Gasteiger partial charge is 0.311 e. The average Bonchev–Trinajstić information content (AvgIpc) is 3.15. The quantitative estimate of drug-likeness (QED) is 0.922. The number of carbonyl (C=O) groups is 2. The molecule has 2 aliphatic rings. The Labute approximate surface area is 136 Å². The van der Waals surface area contributed by atoms with Crippen LogP contribution in [0.5, 0.6) is 0 Å². The minimum Gasteiger partial charge on any atom is -0.481 e. The molecule has 0 radical (unpaired) electrons. The summed E-state index contributed by atoms with van der Waals surface area (Å²) in [6.07, 6.45) is 2.43. The van der Waals surface area contributed by atoms with Crippen LogP contribution in [0.3, 0.4) is 0 Å². The Bertz CT molecular complexity index is 589. The first-order valence-corrected chi connectivity index (χ1v) is 8.30. The van der Waals surface area contributed by atoms with E-state index in [1.54, 1.807) is 11.8 Å². The summed E-state index contributed by atoms with van der Waals surface area (Å²) >= 11 is 0. The van der Waals surface area contributed by atoms with Gasteiger partial charge in [-0.1, -0.05) is 30.3 Å². The fourth-order valence-corrected chi connectivity index (χ4v) is 3.65. The lowest BCUT2D eigenvalue weighted by Gasteiger charge is -2.28. The fraction of sp³-hybridized carbons (Fsp3) is 0.556. The zero-order valence-corrected chi connectivity index (χ0v) is 13.6. The van der Waals surface area contributed by atoms with Crippen molar-refractivity contribution < 1.29 is 14.7 Å². The fourth-order valence-electron chi connectivity index (χ4n) is 3.65. The first kappa shape index (κ1) is 16.0. The van der Waals surface area contributed by atoms with Crippen molar-refractivity contribution in [1.82, 2.24) is 9.80 Å². The first-order valence-electron chi connectivity index (χ1n) is 8.30. The maximum absolute atomic E-state index is 12.8. The van der Waals surface area contributed by atoms with Gasteiger partial charge in [-0.3, -0.25) is 14.5 Å². The van der Waals surface area contributed by atoms with Gasteiger partial charge in [-0.2, -0.15) is 0 Å². The SMILES string of the molecule is C[C@@]1(C(=O)O)CCN(C(=O)[C@@H]2CCCN2Cc2ccccc2)C1. The molecular formula is C18H24N2O3. The monoisotopic (exact) mass is 316 g/mol. The van der Waals surface area contributed by atoms with E-state index >= 15 is 0 Å². The Hall–Kier alpha value is -1.88. The molecule has 23 heavy (non-hydrogen) atoms. The lowest BCUT2D eigenvalue weighted by atomic mass is 9.90. The number of hydrogen-bond donors (Lipinski definition) is 1. The van der Waals surface area contributed by atoms with Gasteiger partial charge in [-0.15, -0.1) is 0 Å². The van der Waals surface area contributed by atoms with Crippen molar-refractivity contribution in [2.75, 3.05) is 19.6 Å². The molecule has 124 valence electrons. The second-order valence-electron chi connectivity index (χ2n) is 6.99. The summed E-state index contributed by atoms with van der Waals surface area (Å²) in [4.78, 5) is 28.2. The Kier molecular flexibility index (Phi) is 4.39. The predicted molar refractivity (Wildman–Crippen MR) is 86.8 cm³/mol. The van der Waals surface area contributed by atoms with Crippen molar-refractivity contribution in [1.29, 1.82) is 0 Å². The molecule has 3 rings (SSSR count). The Balaban J connectivity index is 1.66. The highest BCUT2D eigenvalue weighted by Gasteiger charge is 2.44. The molecule has 0 saturated carbocycles. The number of carboxylic acids is 1. The highest BCUT2D eigenvalue weighted by atomic mass is 16.4. The summed E-state index contributed by atoms with van der Waals surface area (Å²) in [6, 6.07) is 10.1. The number of nitrogens with zero attached hydrogens (tertiary/aromatic N) is 2. The van der Waals surface area contributed by atoms with E-state index in [0.717, 1.165) is 25.9 Å². The first-order chi connectivity index (χ1) is 11.0. The van der Waals surface area contributed by atoms with E-state index in [9.17, 15) is 14.7 Å². The van der Waals surface area contributed by atoms with E-state index < -0.39 is 11.4 Å². The highest BCUT2D eigenvalue weighted by molar-refractivity contribution is 5.84. The number of aliphatic carboxylic acids is 1. The van der Waals surface area contributed by atoms with E-state index in [-0.39, 0.29) is 11.9 Å². The molecule has 2 atom stereocenters. The number of hydrogen-bond acceptors (Lipinski definition) is 3. The van der Waals surface area contributed by atoms with E-state index in [1.807, 2.05) is 18.2 Å². The molecule has 5 nitrogen and oxygen atoms in total. The van der Waals surface area contributed by atoms with Crippen LogP contribution < -0.4 is 0 Å². The minimum absolute atomic E-state index is 0.100. The number of benzene rings is 1. The lowest BCUT2D eigenvalue weighted by Crippen LogP contribution is -2.45. The standard InChI is InChI=1S/C18H24N2O3/c1-18(17(22)23)9-11-20(13-18)16(21)15-8-5-10-19(15)12-14-6-3-2-4-7-14/h2-4,6-7,15H,5,8-13H2,1H3,(H,22,23)/t15-,18+/m0/s1. The highest BCUT2D eigenvalue weighted by Crippen LogP contribution is 2.32. The van der Waals surface area contributed by atoms with Crippen LogP contribution in [0.15, 0.2) is 30.3 Å². The molecule has 2 aliphatic heterocycles. The molecule has 0 aliphatic carbocycles. The third-order valence-electron chi connectivity index (χ3n) is 5.18. The van der Waals surface area contributed by atoms with Gasteiger partial charge >= 0.3 is 5.97 Å². The lowest BCUT2D eigenvalue weighted by molar-refractivity contribution is -0.147. The zero-order chi connectivity index (χ0) is 16.4. The van der Waals surface area contributed by atoms with Crippen molar-refractivity contribution in [3.05, 3.63) is 35.9 Å². The maximum atomic E-state index is 12.8. The molecule has 5 heteroatoms. The van der Waals surface area contributed by atoms with E-state index in [0.29, 0.717) is 19.5 Å². The molecule has 0 bridgehead atoms. The third-order valence-corrected chi connectivity index (χ3v) is 5.18. The molecule has 2 fully saturated rings. The number of rotatable bonds is 4. The van der Waals surface area contributed by atoms with Crippen LogP contribution in [0.25, 0.3) is 0 Å². The number of amides is 1. The predicted octanol–water partition coefficient (Wildman–Crippen LogP) is 1.97. The molecule has 2 saturated heterocycles. The summed E-state index contributed by atoms with van der Waals surface area (Å²) in [5.41, 5.74) is 0.419. The van der Waals surface area contributed by atoms with Gasteiger partial charge in [0.05, 0.1) is 11.5 Å². The molecule has 0 unspecified atom stereocenters. The second kappa shape index (κ2) is 6.32. The van der Waals surface area contributed by atoms with Gasteiger partial charge in [0.15, 0.2) is 0 Å². The van der Waals surface area contributed by atoms with Gasteiger partial charge in [0.1, 0.15) is 0 Å². The summed E-state index contributed by atoms with van der Waals surface area (Å²) < 4.78 is 0. The van der Waals surface area contributed by atoms with Gasteiger partial charge in [-0.25, -0.2) is 0 Å². The van der Waals surface area contributed by atoms with Gasteiger partial charge < -0.3 is 10.0 Å². The van der Waals surface area contributed by atoms with Crippen molar-refractivity contribution in [2.24, 2.45) is 5.41 Å². The summed E-state index contributed by atoms with van der Waals surface area (Å²) in [6.45, 7) is 4.32. The molecule has 1 N–H and O–H groups in total. The summed E-state index contributed by atoms with van der Waals surface area (Å²) in [5.74, 6) is -0.705. The van der Waals surface area contributed by atoms with E-state index in [4.69, 9.17) is 0 Å². The molecule has 0 spiro atoms. The van der Waals surface area contributed by atoms with Crippen molar-refractivity contribution in [2.45, 2.75) is 38.8 Å². The van der Waals surface area contributed by atoms with Crippen LogP contribution in [0, 0.1) is 5.41 Å². The molecule has 2 heterocycles. The van der Waals surface area contributed by atoms with Gasteiger partial charge in [0, 0.05) is 19.6 Å². The molecule has 0 aromatic heterocycles. The summed E-state index contributed by atoms with van der Waals surface area (Å²) in [5, 5.41) is 9.34. The van der Waals surface area contributed by atoms with Crippen LogP contribution in [0.4, 0.5) is 0 Å². The third kappa shape index (κ3) is 3.24. The van der Waals surface area contributed by atoms with Crippen molar-refractivity contribution >= 4 is 11.9 Å². The average molecular weight is 316 g/mol. The molecular weight excluding hydrogens is 292 g/mol. The van der Waals surface area contributed by atoms with Gasteiger partial charge in [0.25, 0.3) is 0 Å². The normalized spacial score (nSPS) is 28.2. The van der Waals surface area contributed by atoms with Crippen LogP contribution in [0.1, 0.15) is 31.7 Å². The Morgan fingerprint density at radius 1 is 1.26 bits per heavy atom. The van der Waals surface area contributed by atoms with Crippen LogP contribution in [0.2, 0.25) is 0 Å². The van der Waals surface area contributed by atoms with Crippen LogP contribution >= 0.6 is 0 Å². The largest absolute Gasteiger partial charge is 0.481 e. The molecule has 1 aromatic carbocycles. The van der Waals surface area contributed by atoms with Crippen LogP contribution in [-0.2, 0) is 16.1 Å². The second-order valence-corrected chi connectivity index (χ2v) is 6.99. The van der Waals surface area contributed by atoms with Gasteiger partial charge in [0.2, 0.25) is 5.91 Å². The molecule has 1 aromatic rings. The van der Waals surface area contributed by atoms with E-state index in [2.05, 4.69) is 17.0 Å². The Morgan fingerprint density at radius 2 is 2.00 bits per heavy atom. The Morgan fingerprint density at radius 3 is 2.65 bits per heavy atom. The topological polar surface area (TPSA) is 60.9 Å². The number of likely N-dealkylation sites (tertiary alicyclic amines) is 2. The maximum Gasteiger partial charge on any atom is 0.311 e. The van der Waals surface area contributed by atoms with Crippen LogP contribution in [-0.4, -0.2) is 52.5 Å². The minimum atomic E-state index is -0.805.